The Bertz CT molecular complexity index is 405. The largest absolute Gasteiger partial charge is 0.0799 e. The van der Waals surface area contributed by atoms with E-state index in [9.17, 15) is 0 Å². The van der Waals surface area contributed by atoms with Crippen molar-refractivity contribution in [2.24, 2.45) is 0 Å². The lowest BCUT2D eigenvalue weighted by Crippen LogP contribution is -2.31. The Labute approximate surface area is 122 Å². The molecule has 0 aliphatic rings. The fourth-order valence-electron chi connectivity index (χ4n) is 3.02. The highest BCUT2D eigenvalue weighted by Crippen LogP contribution is 2.19. The Morgan fingerprint density at radius 1 is 0.947 bits per heavy atom. The molecule has 0 N–H and O–H groups in total. The van der Waals surface area contributed by atoms with Gasteiger partial charge in [-0.15, -0.1) is 0 Å². The predicted octanol–water partition coefficient (Wildman–Crippen LogP) is 4.95. The van der Waals surface area contributed by atoms with E-state index in [0.29, 0.717) is 0 Å². The van der Waals surface area contributed by atoms with Gasteiger partial charge in [0.25, 0.3) is 0 Å². The Kier molecular flexibility index (Phi) is 6.85. The standard InChI is InChI=1S/C18H31Si/c1-7-9-11-16-13-14(3)17(12-10-8-2)18(15(16)4)19(5)6/h13H,7-12H2,1-6H3. The van der Waals surface area contributed by atoms with E-state index >= 15 is 0 Å². The van der Waals surface area contributed by atoms with Gasteiger partial charge in [0.2, 0.25) is 0 Å². The van der Waals surface area contributed by atoms with Gasteiger partial charge in [-0.1, -0.05) is 51.0 Å². The first-order valence-electron chi connectivity index (χ1n) is 7.95. The van der Waals surface area contributed by atoms with Crippen LogP contribution in [-0.2, 0) is 12.8 Å². The van der Waals surface area contributed by atoms with Crippen LogP contribution in [0.2, 0.25) is 13.1 Å². The quantitative estimate of drug-likeness (QED) is 0.618. The lowest BCUT2D eigenvalue weighted by molar-refractivity contribution is 0.781. The predicted molar refractivity (Wildman–Crippen MR) is 90.3 cm³/mol. The molecule has 0 saturated heterocycles. The highest BCUT2D eigenvalue weighted by atomic mass is 28.3. The van der Waals surface area contributed by atoms with Crippen LogP contribution in [0, 0.1) is 13.8 Å². The minimum Gasteiger partial charge on any atom is -0.0671 e. The van der Waals surface area contributed by atoms with Crippen LogP contribution in [0.4, 0.5) is 0 Å². The van der Waals surface area contributed by atoms with E-state index in [1.807, 2.05) is 0 Å². The molecule has 19 heavy (non-hydrogen) atoms. The molecular formula is C18H31Si. The first kappa shape index (κ1) is 16.5. The van der Waals surface area contributed by atoms with Gasteiger partial charge in [0.1, 0.15) is 0 Å². The van der Waals surface area contributed by atoms with Gasteiger partial charge in [-0.3, -0.25) is 0 Å². The zero-order chi connectivity index (χ0) is 14.4. The van der Waals surface area contributed by atoms with Crippen LogP contribution >= 0.6 is 0 Å². The van der Waals surface area contributed by atoms with Crippen LogP contribution in [0.15, 0.2) is 6.07 Å². The summed E-state index contributed by atoms with van der Waals surface area (Å²) in [6.07, 6.45) is 7.79. The van der Waals surface area contributed by atoms with E-state index in [1.165, 1.54) is 38.5 Å². The van der Waals surface area contributed by atoms with Crippen molar-refractivity contribution in [1.82, 2.24) is 0 Å². The molecule has 0 heterocycles. The Balaban J connectivity index is 3.21. The zero-order valence-electron chi connectivity index (χ0n) is 13.8. The number of aryl methyl sites for hydroxylation is 2. The molecule has 107 valence electrons. The lowest BCUT2D eigenvalue weighted by Gasteiger charge is -2.21. The van der Waals surface area contributed by atoms with Gasteiger partial charge >= 0.3 is 0 Å². The zero-order valence-corrected chi connectivity index (χ0v) is 14.8. The van der Waals surface area contributed by atoms with E-state index in [4.69, 9.17) is 0 Å². The first-order valence-corrected chi connectivity index (χ1v) is 10.4. The van der Waals surface area contributed by atoms with E-state index in [0.717, 1.165) is 0 Å². The van der Waals surface area contributed by atoms with Gasteiger partial charge in [-0.2, -0.15) is 0 Å². The minimum absolute atomic E-state index is 0.371. The number of benzene rings is 1. The van der Waals surface area contributed by atoms with Gasteiger partial charge in [0, 0.05) is 0 Å². The number of hydrogen-bond donors (Lipinski definition) is 0. The summed E-state index contributed by atoms with van der Waals surface area (Å²) in [6, 6.07) is 2.48. The van der Waals surface area contributed by atoms with Crippen molar-refractivity contribution in [2.75, 3.05) is 0 Å². The fourth-order valence-corrected chi connectivity index (χ4v) is 4.86. The van der Waals surface area contributed by atoms with Crippen LogP contribution in [0.25, 0.3) is 0 Å². The summed E-state index contributed by atoms with van der Waals surface area (Å²) in [6.45, 7) is 14.2. The summed E-state index contributed by atoms with van der Waals surface area (Å²) in [5.74, 6) is 0. The molecule has 0 saturated carbocycles. The topological polar surface area (TPSA) is 0 Å². The van der Waals surface area contributed by atoms with E-state index in [2.05, 4.69) is 46.9 Å². The Morgan fingerprint density at radius 3 is 2.05 bits per heavy atom. The van der Waals surface area contributed by atoms with Crippen molar-refractivity contribution in [3.05, 3.63) is 28.3 Å². The molecule has 0 nitrogen and oxygen atoms in total. The second-order valence-corrected chi connectivity index (χ2v) is 8.54. The highest BCUT2D eigenvalue weighted by Gasteiger charge is 2.16. The summed E-state index contributed by atoms with van der Waals surface area (Å²) in [4.78, 5) is 0. The van der Waals surface area contributed by atoms with Gasteiger partial charge in [0.05, 0.1) is 8.80 Å². The number of hydrogen-bond acceptors (Lipinski definition) is 0. The summed E-state index contributed by atoms with van der Waals surface area (Å²) < 4.78 is 0. The maximum absolute atomic E-state index is 2.48. The van der Waals surface area contributed by atoms with Crippen molar-refractivity contribution < 1.29 is 0 Å². The van der Waals surface area contributed by atoms with Crippen LogP contribution < -0.4 is 5.19 Å². The third-order valence-electron chi connectivity index (χ3n) is 4.11. The molecule has 0 fully saturated rings. The molecule has 0 amide bonds. The van der Waals surface area contributed by atoms with Crippen LogP contribution in [-0.4, -0.2) is 8.80 Å². The second-order valence-electron chi connectivity index (χ2n) is 6.04. The Morgan fingerprint density at radius 2 is 1.53 bits per heavy atom. The maximum Gasteiger partial charge on any atom is 0.0799 e. The summed E-state index contributed by atoms with van der Waals surface area (Å²) in [5, 5.41) is 1.74. The molecule has 0 unspecified atom stereocenters. The second kappa shape index (κ2) is 7.89. The van der Waals surface area contributed by atoms with Gasteiger partial charge in [-0.05, 0) is 61.8 Å². The molecule has 0 atom stereocenters. The first-order chi connectivity index (χ1) is 9.02. The summed E-state index contributed by atoms with van der Waals surface area (Å²) >= 11 is 0. The van der Waals surface area contributed by atoms with Gasteiger partial charge in [-0.25, -0.2) is 0 Å². The maximum atomic E-state index is 2.48. The average molecular weight is 276 g/mol. The summed E-state index contributed by atoms with van der Waals surface area (Å²) in [7, 11) is -0.371. The molecule has 0 aromatic heterocycles. The van der Waals surface area contributed by atoms with Crippen molar-refractivity contribution >= 4 is 14.0 Å². The van der Waals surface area contributed by atoms with Crippen LogP contribution in [0.5, 0.6) is 0 Å². The van der Waals surface area contributed by atoms with E-state index in [-0.39, 0.29) is 8.80 Å². The molecule has 1 aromatic carbocycles. The molecule has 0 bridgehead atoms. The van der Waals surface area contributed by atoms with E-state index in [1.54, 1.807) is 27.4 Å². The molecule has 0 aliphatic carbocycles. The molecule has 0 spiro atoms. The molecule has 1 aromatic rings. The van der Waals surface area contributed by atoms with E-state index < -0.39 is 0 Å². The lowest BCUT2D eigenvalue weighted by atomic mass is 9.94. The Hall–Kier alpha value is -0.563. The van der Waals surface area contributed by atoms with Gasteiger partial charge in [0.15, 0.2) is 0 Å². The van der Waals surface area contributed by atoms with Crippen LogP contribution in [0.1, 0.15) is 61.8 Å². The van der Waals surface area contributed by atoms with Crippen molar-refractivity contribution in [2.45, 2.75) is 79.3 Å². The molecular weight excluding hydrogens is 244 g/mol. The fraction of sp³-hybridized carbons (Fsp3) is 0.667. The summed E-state index contributed by atoms with van der Waals surface area (Å²) in [5.41, 5.74) is 6.45. The SMILES string of the molecule is CCCCc1cc(C)c(CCCC)c([Si](C)C)c1C. The number of unbranched alkanes of at least 4 members (excludes halogenated alkanes) is 2. The minimum atomic E-state index is -0.371. The third-order valence-corrected chi connectivity index (χ3v) is 5.78. The molecule has 1 radical (unpaired) electrons. The van der Waals surface area contributed by atoms with Gasteiger partial charge < -0.3 is 0 Å². The van der Waals surface area contributed by atoms with Crippen molar-refractivity contribution in [1.29, 1.82) is 0 Å². The van der Waals surface area contributed by atoms with Crippen molar-refractivity contribution in [3.8, 4) is 0 Å². The molecule has 1 heteroatoms. The normalized spacial score (nSPS) is 11.3. The highest BCUT2D eigenvalue weighted by molar-refractivity contribution is 6.71. The molecule has 1 rings (SSSR count). The average Bonchev–Trinajstić information content (AvgIpc) is 2.36. The third kappa shape index (κ3) is 4.20. The number of rotatable bonds is 7. The monoisotopic (exact) mass is 275 g/mol. The van der Waals surface area contributed by atoms with Crippen molar-refractivity contribution in [3.63, 3.8) is 0 Å². The molecule has 0 aliphatic heterocycles. The van der Waals surface area contributed by atoms with Crippen LogP contribution in [0.3, 0.4) is 0 Å². The smallest absolute Gasteiger partial charge is 0.0671 e.